The third kappa shape index (κ3) is 4.55. The molecule has 0 bridgehead atoms. The maximum Gasteiger partial charge on any atom is 0.321 e. The molecule has 0 spiro atoms. The smallest absolute Gasteiger partial charge is 0.321 e. The largest absolute Gasteiger partial charge is 0.393 e. The molecule has 1 atom stereocenters. The van der Waals surface area contributed by atoms with E-state index >= 15 is 0 Å². The highest BCUT2D eigenvalue weighted by Gasteiger charge is 2.11. The van der Waals surface area contributed by atoms with E-state index in [2.05, 4.69) is 5.32 Å². The lowest BCUT2D eigenvalue weighted by Crippen LogP contribution is -2.33. The van der Waals surface area contributed by atoms with Gasteiger partial charge in [-0.1, -0.05) is 17.7 Å². The number of hydrogen-bond donors (Lipinski definition) is 2. The van der Waals surface area contributed by atoms with Gasteiger partial charge in [0, 0.05) is 13.6 Å². The zero-order chi connectivity index (χ0) is 13.7. The second-order valence-electron chi connectivity index (χ2n) is 4.47. The standard InChI is InChI=1S/C13H19ClN2O2/c1-9-4-5-12(11(14)8-9)15-13(18)16(3)7-6-10(2)17/h4-5,8,10,17H,6-7H2,1-3H3,(H,15,18). The second kappa shape index (κ2) is 6.61. The third-order valence-electron chi connectivity index (χ3n) is 2.60. The van der Waals surface area contributed by atoms with Gasteiger partial charge >= 0.3 is 6.03 Å². The summed E-state index contributed by atoms with van der Waals surface area (Å²) in [7, 11) is 1.68. The Morgan fingerprint density at radius 1 is 1.56 bits per heavy atom. The van der Waals surface area contributed by atoms with Crippen molar-refractivity contribution >= 4 is 23.3 Å². The summed E-state index contributed by atoms with van der Waals surface area (Å²) in [5, 5.41) is 12.4. The third-order valence-corrected chi connectivity index (χ3v) is 2.91. The molecule has 1 aromatic carbocycles. The number of carbonyl (C=O) groups is 1. The number of hydrogen-bond acceptors (Lipinski definition) is 2. The minimum Gasteiger partial charge on any atom is -0.393 e. The SMILES string of the molecule is Cc1ccc(NC(=O)N(C)CCC(C)O)c(Cl)c1. The zero-order valence-electron chi connectivity index (χ0n) is 10.9. The van der Waals surface area contributed by atoms with Crippen molar-refractivity contribution in [1.29, 1.82) is 0 Å². The van der Waals surface area contributed by atoms with E-state index in [-0.39, 0.29) is 6.03 Å². The summed E-state index contributed by atoms with van der Waals surface area (Å²) in [6.45, 7) is 4.13. The van der Waals surface area contributed by atoms with Crippen LogP contribution >= 0.6 is 11.6 Å². The fraction of sp³-hybridized carbons (Fsp3) is 0.462. The van der Waals surface area contributed by atoms with Crippen molar-refractivity contribution in [3.8, 4) is 0 Å². The monoisotopic (exact) mass is 270 g/mol. The van der Waals surface area contributed by atoms with Crippen LogP contribution < -0.4 is 5.32 Å². The van der Waals surface area contributed by atoms with Gasteiger partial charge < -0.3 is 15.3 Å². The van der Waals surface area contributed by atoms with Crippen LogP contribution in [0.1, 0.15) is 18.9 Å². The molecule has 2 N–H and O–H groups in total. The predicted octanol–water partition coefficient (Wildman–Crippen LogP) is 2.88. The Labute approximate surface area is 113 Å². The molecule has 0 saturated heterocycles. The number of halogens is 1. The van der Waals surface area contributed by atoms with Crippen molar-refractivity contribution in [2.45, 2.75) is 26.4 Å². The highest BCUT2D eigenvalue weighted by molar-refractivity contribution is 6.33. The van der Waals surface area contributed by atoms with Crippen LogP contribution in [0.15, 0.2) is 18.2 Å². The van der Waals surface area contributed by atoms with Crippen molar-refractivity contribution in [1.82, 2.24) is 4.90 Å². The van der Waals surface area contributed by atoms with Crippen LogP contribution in [0.2, 0.25) is 5.02 Å². The van der Waals surface area contributed by atoms with Crippen molar-refractivity contribution in [2.24, 2.45) is 0 Å². The molecule has 4 nitrogen and oxygen atoms in total. The molecular weight excluding hydrogens is 252 g/mol. The first kappa shape index (κ1) is 14.8. The Bertz CT molecular complexity index is 421. The fourth-order valence-electron chi connectivity index (χ4n) is 1.41. The number of aliphatic hydroxyl groups is 1. The molecule has 0 aliphatic carbocycles. The Hall–Kier alpha value is -1.26. The molecule has 1 unspecified atom stereocenters. The van der Waals surface area contributed by atoms with E-state index in [1.54, 1.807) is 26.1 Å². The zero-order valence-corrected chi connectivity index (χ0v) is 11.7. The van der Waals surface area contributed by atoms with E-state index in [0.29, 0.717) is 23.7 Å². The number of nitrogens with zero attached hydrogens (tertiary/aromatic N) is 1. The number of benzene rings is 1. The van der Waals surface area contributed by atoms with Crippen LogP contribution in [-0.2, 0) is 0 Å². The molecule has 0 fully saturated rings. The normalized spacial score (nSPS) is 12.1. The maximum absolute atomic E-state index is 11.8. The molecule has 1 rings (SSSR count). The number of urea groups is 1. The molecule has 5 heteroatoms. The lowest BCUT2D eigenvalue weighted by Gasteiger charge is -2.19. The molecule has 0 aliphatic heterocycles. The first-order valence-corrected chi connectivity index (χ1v) is 6.24. The van der Waals surface area contributed by atoms with Crippen molar-refractivity contribution < 1.29 is 9.90 Å². The molecule has 2 amide bonds. The number of amides is 2. The Morgan fingerprint density at radius 3 is 2.78 bits per heavy atom. The van der Waals surface area contributed by atoms with E-state index in [4.69, 9.17) is 16.7 Å². The van der Waals surface area contributed by atoms with Gasteiger partial charge in [-0.15, -0.1) is 0 Å². The highest BCUT2D eigenvalue weighted by Crippen LogP contribution is 2.22. The van der Waals surface area contributed by atoms with Crippen LogP contribution in [0.25, 0.3) is 0 Å². The van der Waals surface area contributed by atoms with Gasteiger partial charge in [-0.2, -0.15) is 0 Å². The molecule has 18 heavy (non-hydrogen) atoms. The minimum absolute atomic E-state index is 0.235. The molecule has 0 saturated carbocycles. The average molecular weight is 271 g/mol. The molecule has 0 heterocycles. The topological polar surface area (TPSA) is 52.6 Å². The van der Waals surface area contributed by atoms with E-state index in [1.165, 1.54) is 4.90 Å². The summed E-state index contributed by atoms with van der Waals surface area (Å²) in [6, 6.07) is 5.23. The van der Waals surface area contributed by atoms with Crippen LogP contribution in [0.5, 0.6) is 0 Å². The fourth-order valence-corrected chi connectivity index (χ4v) is 1.70. The average Bonchev–Trinajstić information content (AvgIpc) is 2.29. The first-order valence-electron chi connectivity index (χ1n) is 5.86. The molecule has 0 radical (unpaired) electrons. The molecule has 100 valence electrons. The summed E-state index contributed by atoms with van der Waals surface area (Å²) >= 11 is 6.03. The molecule has 0 aromatic heterocycles. The van der Waals surface area contributed by atoms with Crippen molar-refractivity contribution in [2.75, 3.05) is 18.9 Å². The van der Waals surface area contributed by atoms with Crippen LogP contribution in [-0.4, -0.2) is 35.7 Å². The number of anilines is 1. The predicted molar refractivity (Wildman–Crippen MR) is 74.1 cm³/mol. The van der Waals surface area contributed by atoms with Gasteiger partial charge in [0.15, 0.2) is 0 Å². The van der Waals surface area contributed by atoms with E-state index in [0.717, 1.165) is 5.56 Å². The summed E-state index contributed by atoms with van der Waals surface area (Å²) in [5.74, 6) is 0. The van der Waals surface area contributed by atoms with E-state index < -0.39 is 6.10 Å². The number of aryl methyl sites for hydroxylation is 1. The van der Waals surface area contributed by atoms with Crippen molar-refractivity contribution in [3.63, 3.8) is 0 Å². The van der Waals surface area contributed by atoms with E-state index in [1.807, 2.05) is 13.0 Å². The van der Waals surface area contributed by atoms with Crippen molar-refractivity contribution in [3.05, 3.63) is 28.8 Å². The first-order chi connectivity index (χ1) is 8.40. The summed E-state index contributed by atoms with van der Waals surface area (Å²) in [5.41, 5.74) is 1.64. The summed E-state index contributed by atoms with van der Waals surface area (Å²) in [4.78, 5) is 13.4. The van der Waals surface area contributed by atoms with Gasteiger partial charge in [-0.25, -0.2) is 4.79 Å². The molecule has 1 aromatic rings. The number of aliphatic hydroxyl groups excluding tert-OH is 1. The minimum atomic E-state index is -0.414. The van der Waals surface area contributed by atoms with Gasteiger partial charge in [0.25, 0.3) is 0 Å². The van der Waals surface area contributed by atoms with Gasteiger partial charge in [0.2, 0.25) is 0 Å². The second-order valence-corrected chi connectivity index (χ2v) is 4.88. The Kier molecular flexibility index (Phi) is 5.44. The Balaban J connectivity index is 2.58. The van der Waals surface area contributed by atoms with Crippen LogP contribution in [0.3, 0.4) is 0 Å². The van der Waals surface area contributed by atoms with Crippen LogP contribution in [0.4, 0.5) is 10.5 Å². The maximum atomic E-state index is 11.8. The highest BCUT2D eigenvalue weighted by atomic mass is 35.5. The van der Waals surface area contributed by atoms with Gasteiger partial charge in [-0.3, -0.25) is 0 Å². The lowest BCUT2D eigenvalue weighted by atomic mass is 10.2. The number of carbonyl (C=O) groups excluding carboxylic acids is 1. The van der Waals surface area contributed by atoms with Gasteiger partial charge in [0.05, 0.1) is 16.8 Å². The van der Waals surface area contributed by atoms with Crippen LogP contribution in [0, 0.1) is 6.92 Å². The number of rotatable bonds is 4. The summed E-state index contributed by atoms with van der Waals surface area (Å²) in [6.07, 6.45) is 0.133. The summed E-state index contributed by atoms with van der Waals surface area (Å²) < 4.78 is 0. The van der Waals surface area contributed by atoms with E-state index in [9.17, 15) is 4.79 Å². The quantitative estimate of drug-likeness (QED) is 0.884. The molecule has 0 aliphatic rings. The lowest BCUT2D eigenvalue weighted by molar-refractivity contribution is 0.167. The number of nitrogens with one attached hydrogen (secondary N) is 1. The Morgan fingerprint density at radius 2 is 2.22 bits per heavy atom. The van der Waals surface area contributed by atoms with Gasteiger partial charge in [-0.05, 0) is 38.0 Å². The molecular formula is C13H19ClN2O2. The van der Waals surface area contributed by atoms with Gasteiger partial charge in [0.1, 0.15) is 0 Å².